The van der Waals surface area contributed by atoms with E-state index in [9.17, 15) is 22.5 Å². The molecule has 0 spiro atoms. The van der Waals surface area contributed by atoms with Gasteiger partial charge in [-0.2, -0.15) is 13.2 Å². The number of aromatic nitrogens is 2. The Kier molecular flexibility index (Phi) is 7.53. The molecule has 196 valence electrons. The molecule has 0 saturated carbocycles. The molecule has 4 rings (SSSR count). The molecule has 2 aromatic heterocycles. The third-order valence-electron chi connectivity index (χ3n) is 5.83. The molecule has 0 radical (unpaired) electrons. The summed E-state index contributed by atoms with van der Waals surface area (Å²) in [6, 6.07) is 14.3. The number of benzene rings is 2. The highest BCUT2D eigenvalue weighted by atomic mass is 35.5. The Morgan fingerprint density at radius 1 is 1.05 bits per heavy atom. The summed E-state index contributed by atoms with van der Waals surface area (Å²) in [5.41, 5.74) is -1.22. The lowest BCUT2D eigenvalue weighted by Crippen LogP contribution is -2.39. The van der Waals surface area contributed by atoms with Crippen molar-refractivity contribution in [2.24, 2.45) is 0 Å². The summed E-state index contributed by atoms with van der Waals surface area (Å²) in [5.74, 6) is 0. The minimum Gasteiger partial charge on any atom is -0.376 e. The normalized spacial score (nSPS) is 15.9. The number of fused-ring (bicyclic) bond motifs is 1. The van der Waals surface area contributed by atoms with Crippen molar-refractivity contribution in [2.45, 2.75) is 50.3 Å². The fourth-order valence-corrected chi connectivity index (χ4v) is 5.86. The molecule has 2 N–H and O–H groups in total. The van der Waals surface area contributed by atoms with Gasteiger partial charge in [-0.05, 0) is 63.1 Å². The zero-order chi connectivity index (χ0) is 27.2. The molecular formula is C26H25ClF3N3O2S2. The molecular weight excluding hydrogens is 543 g/mol. The number of alkyl halides is 3. The quantitative estimate of drug-likeness (QED) is 0.265. The molecule has 2 aromatic carbocycles. The summed E-state index contributed by atoms with van der Waals surface area (Å²) in [7, 11) is -1.45. The van der Waals surface area contributed by atoms with E-state index < -0.39 is 33.6 Å². The number of nitrogens with zero attached hydrogens (tertiary/aromatic N) is 2. The molecule has 11 heteroatoms. The van der Waals surface area contributed by atoms with E-state index in [4.69, 9.17) is 16.6 Å². The van der Waals surface area contributed by atoms with E-state index in [-0.39, 0.29) is 11.3 Å². The van der Waals surface area contributed by atoms with Crippen LogP contribution in [-0.2, 0) is 16.6 Å². The third-order valence-corrected chi connectivity index (χ3v) is 8.90. The summed E-state index contributed by atoms with van der Waals surface area (Å²) >= 11 is 7.81. The predicted molar refractivity (Wildman–Crippen MR) is 143 cm³/mol. The van der Waals surface area contributed by atoms with Gasteiger partial charge in [-0.15, -0.1) is 11.3 Å². The van der Waals surface area contributed by atoms with Crippen LogP contribution in [0.15, 0.2) is 60.8 Å². The van der Waals surface area contributed by atoms with Gasteiger partial charge in [0.05, 0.1) is 37.7 Å². The van der Waals surface area contributed by atoms with Gasteiger partial charge in [0, 0.05) is 16.8 Å². The van der Waals surface area contributed by atoms with Crippen LogP contribution in [0.1, 0.15) is 49.9 Å². The van der Waals surface area contributed by atoms with Crippen molar-refractivity contribution < 1.29 is 22.5 Å². The standard InChI is InChI=1S/C26H25ClF3N3O2S2/c1-24(2,3)37(35)33-21(16-8-5-6-10-18(16)27)23-32-19-11-7-9-17(22(19)36-23)20-14-15(12-13-31-20)25(4,34)26(28,29)30/h5-14,21,33-34H,1-4H3/t21?,25?,37-/m0/s1. The molecule has 5 nitrogen and oxygen atoms in total. The van der Waals surface area contributed by atoms with Crippen molar-refractivity contribution in [3.63, 3.8) is 0 Å². The fourth-order valence-electron chi connectivity index (χ4n) is 3.58. The number of hydrogen-bond acceptors (Lipinski definition) is 5. The van der Waals surface area contributed by atoms with Crippen LogP contribution in [0.4, 0.5) is 13.2 Å². The second-order valence-corrected chi connectivity index (χ2v) is 13.1. The summed E-state index contributed by atoms with van der Waals surface area (Å²) in [5, 5.41) is 11.2. The molecule has 0 aliphatic rings. The number of nitrogens with one attached hydrogen (secondary N) is 1. The lowest BCUT2D eigenvalue weighted by Gasteiger charge is -2.26. The maximum Gasteiger partial charge on any atom is 0.421 e. The largest absolute Gasteiger partial charge is 0.421 e. The lowest BCUT2D eigenvalue weighted by atomic mass is 9.94. The van der Waals surface area contributed by atoms with Crippen molar-refractivity contribution in [2.75, 3.05) is 0 Å². The van der Waals surface area contributed by atoms with Gasteiger partial charge in [0.25, 0.3) is 0 Å². The molecule has 0 aliphatic carbocycles. The van der Waals surface area contributed by atoms with Crippen LogP contribution in [0.2, 0.25) is 5.02 Å². The minimum absolute atomic E-state index is 0.267. The molecule has 4 aromatic rings. The molecule has 2 unspecified atom stereocenters. The van der Waals surface area contributed by atoms with Crippen molar-refractivity contribution in [1.82, 2.24) is 14.7 Å². The zero-order valence-corrected chi connectivity index (χ0v) is 22.8. The average molecular weight is 568 g/mol. The summed E-state index contributed by atoms with van der Waals surface area (Å²) in [6.45, 7) is 6.27. The van der Waals surface area contributed by atoms with Gasteiger partial charge in [-0.25, -0.2) is 13.9 Å². The van der Waals surface area contributed by atoms with E-state index >= 15 is 0 Å². The van der Waals surface area contributed by atoms with E-state index in [0.717, 1.165) is 6.07 Å². The van der Waals surface area contributed by atoms with Crippen LogP contribution in [-0.4, -0.2) is 30.2 Å². The highest BCUT2D eigenvalue weighted by molar-refractivity contribution is 7.84. The smallest absolute Gasteiger partial charge is 0.376 e. The maximum absolute atomic E-state index is 13.5. The first-order valence-corrected chi connectivity index (χ1v) is 13.6. The van der Waals surface area contributed by atoms with Crippen molar-refractivity contribution >= 4 is 44.1 Å². The topological polar surface area (TPSA) is 75.1 Å². The Balaban J connectivity index is 1.84. The Hall–Kier alpha value is -2.37. The summed E-state index contributed by atoms with van der Waals surface area (Å²) in [6.07, 6.45) is -3.61. The molecule has 0 amide bonds. The molecule has 0 bridgehead atoms. The third kappa shape index (κ3) is 5.58. The highest BCUT2D eigenvalue weighted by Gasteiger charge is 2.51. The van der Waals surface area contributed by atoms with Gasteiger partial charge >= 0.3 is 6.18 Å². The Labute approximate surface area is 224 Å². The van der Waals surface area contributed by atoms with Gasteiger partial charge in [0.1, 0.15) is 5.01 Å². The first-order chi connectivity index (χ1) is 17.2. The van der Waals surface area contributed by atoms with Crippen molar-refractivity contribution in [3.05, 3.63) is 82.0 Å². The monoisotopic (exact) mass is 567 g/mol. The number of hydrogen-bond donors (Lipinski definition) is 2. The number of rotatable bonds is 6. The van der Waals surface area contributed by atoms with Crippen LogP contribution in [0, 0.1) is 0 Å². The van der Waals surface area contributed by atoms with Gasteiger partial charge in [-0.3, -0.25) is 4.98 Å². The molecule has 0 fully saturated rings. The molecule has 37 heavy (non-hydrogen) atoms. The fraction of sp³-hybridized carbons (Fsp3) is 0.308. The zero-order valence-electron chi connectivity index (χ0n) is 20.4. The first-order valence-electron chi connectivity index (χ1n) is 11.3. The van der Waals surface area contributed by atoms with Crippen LogP contribution < -0.4 is 4.72 Å². The Morgan fingerprint density at radius 2 is 1.76 bits per heavy atom. The summed E-state index contributed by atoms with van der Waals surface area (Å²) < 4.78 is 56.7. The van der Waals surface area contributed by atoms with Gasteiger partial charge in [0.15, 0.2) is 5.60 Å². The van der Waals surface area contributed by atoms with Crippen LogP contribution in [0.25, 0.3) is 21.5 Å². The van der Waals surface area contributed by atoms with E-state index in [1.54, 1.807) is 30.3 Å². The molecule has 2 heterocycles. The molecule has 3 atom stereocenters. The lowest BCUT2D eigenvalue weighted by molar-refractivity contribution is -0.258. The van der Waals surface area contributed by atoms with Crippen molar-refractivity contribution in [3.8, 4) is 11.3 Å². The Bertz CT molecular complexity index is 1470. The SMILES string of the molecule is CC(C)(C)[S@](=O)NC(c1nc2cccc(-c3cc(C(C)(O)C(F)(F)F)ccn3)c2s1)c1ccccc1Cl. The molecule has 0 saturated heterocycles. The summed E-state index contributed by atoms with van der Waals surface area (Å²) in [4.78, 5) is 9.05. The van der Waals surface area contributed by atoms with Gasteiger partial charge < -0.3 is 5.11 Å². The second kappa shape index (κ2) is 10.1. The van der Waals surface area contributed by atoms with Crippen LogP contribution in [0.5, 0.6) is 0 Å². The highest BCUT2D eigenvalue weighted by Crippen LogP contribution is 2.41. The van der Waals surface area contributed by atoms with Gasteiger partial charge in [0.2, 0.25) is 0 Å². The number of pyridine rings is 1. The second-order valence-electron chi connectivity index (χ2n) is 9.66. The van der Waals surface area contributed by atoms with Crippen LogP contribution >= 0.6 is 22.9 Å². The van der Waals surface area contributed by atoms with Crippen molar-refractivity contribution in [1.29, 1.82) is 0 Å². The Morgan fingerprint density at radius 3 is 2.41 bits per heavy atom. The van der Waals surface area contributed by atoms with E-state index in [1.807, 2.05) is 32.9 Å². The van der Waals surface area contributed by atoms with E-state index in [1.165, 1.54) is 23.6 Å². The molecule has 0 aliphatic heterocycles. The number of aliphatic hydroxyl groups is 1. The van der Waals surface area contributed by atoms with Crippen LogP contribution in [0.3, 0.4) is 0 Å². The van der Waals surface area contributed by atoms with E-state index in [0.29, 0.717) is 38.3 Å². The van der Waals surface area contributed by atoms with Gasteiger partial charge in [-0.1, -0.05) is 41.9 Å². The number of halogens is 4. The first kappa shape index (κ1) is 27.7. The minimum atomic E-state index is -4.86. The average Bonchev–Trinajstić information content (AvgIpc) is 3.26. The predicted octanol–water partition coefficient (Wildman–Crippen LogP) is 6.92. The van der Waals surface area contributed by atoms with E-state index in [2.05, 4.69) is 9.71 Å². The number of thiazole rings is 1. The maximum atomic E-state index is 13.5.